The van der Waals surface area contributed by atoms with Crippen molar-refractivity contribution >= 4 is 45.9 Å². The van der Waals surface area contributed by atoms with Crippen molar-refractivity contribution in [2.45, 2.75) is 0 Å². The van der Waals surface area contributed by atoms with E-state index in [0.717, 1.165) is 0 Å². The van der Waals surface area contributed by atoms with Crippen LogP contribution in [0.1, 0.15) is 20.7 Å². The van der Waals surface area contributed by atoms with Crippen molar-refractivity contribution in [3.8, 4) is 0 Å². The van der Waals surface area contributed by atoms with Crippen molar-refractivity contribution in [1.82, 2.24) is 4.57 Å². The number of carbonyl (C=O) groups is 2. The Bertz CT molecular complexity index is 916. The highest BCUT2D eigenvalue weighted by Gasteiger charge is 2.19. The van der Waals surface area contributed by atoms with Gasteiger partial charge in [-0.2, -0.15) is 0 Å². The van der Waals surface area contributed by atoms with Gasteiger partial charge in [0.15, 0.2) is 0 Å². The highest BCUT2D eigenvalue weighted by atomic mass is 35.5. The van der Waals surface area contributed by atoms with Crippen LogP contribution in [0.2, 0.25) is 10.0 Å². The third-order valence-electron chi connectivity index (χ3n) is 3.36. The summed E-state index contributed by atoms with van der Waals surface area (Å²) in [7, 11) is 0. The Hall–Kier alpha value is -2.30. The molecule has 0 aliphatic heterocycles. The molecule has 0 atom stereocenters. The van der Waals surface area contributed by atoms with Crippen molar-refractivity contribution in [1.29, 1.82) is 0 Å². The van der Waals surface area contributed by atoms with Gasteiger partial charge in [-0.3, -0.25) is 14.2 Å². The summed E-state index contributed by atoms with van der Waals surface area (Å²) in [6.45, 7) is 0. The van der Waals surface area contributed by atoms with Crippen LogP contribution in [0.15, 0.2) is 48.7 Å². The molecule has 1 heterocycles. The Morgan fingerprint density at radius 2 is 1.73 bits per heavy atom. The number of nitrogens with two attached hydrogens (primary N) is 1. The van der Waals surface area contributed by atoms with Crippen LogP contribution in [0.3, 0.4) is 0 Å². The highest BCUT2D eigenvalue weighted by Crippen LogP contribution is 2.26. The number of benzene rings is 2. The zero-order valence-electron chi connectivity index (χ0n) is 11.2. The average Bonchev–Trinajstić information content (AvgIpc) is 2.86. The van der Waals surface area contributed by atoms with Gasteiger partial charge in [0, 0.05) is 16.6 Å². The third-order valence-corrected chi connectivity index (χ3v) is 3.91. The fourth-order valence-corrected chi connectivity index (χ4v) is 2.83. The van der Waals surface area contributed by atoms with E-state index in [-0.39, 0.29) is 16.5 Å². The molecule has 0 bridgehead atoms. The maximum Gasteiger partial charge on any atom is 0.263 e. The molecule has 2 aromatic carbocycles. The van der Waals surface area contributed by atoms with Crippen molar-refractivity contribution in [2.75, 3.05) is 0 Å². The maximum atomic E-state index is 12.7. The molecule has 0 radical (unpaired) electrons. The second-order valence-electron chi connectivity index (χ2n) is 4.72. The first-order chi connectivity index (χ1) is 10.5. The van der Waals surface area contributed by atoms with Crippen molar-refractivity contribution in [2.24, 2.45) is 5.73 Å². The number of para-hydroxylation sites is 1. The molecule has 4 nitrogen and oxygen atoms in total. The van der Waals surface area contributed by atoms with E-state index in [4.69, 9.17) is 28.9 Å². The van der Waals surface area contributed by atoms with E-state index in [2.05, 4.69) is 0 Å². The van der Waals surface area contributed by atoms with Crippen LogP contribution in [0.4, 0.5) is 0 Å². The molecular weight excluding hydrogens is 323 g/mol. The van der Waals surface area contributed by atoms with Gasteiger partial charge in [0.2, 0.25) is 0 Å². The molecular formula is C16H10Cl2N2O2. The van der Waals surface area contributed by atoms with Crippen molar-refractivity contribution < 1.29 is 9.59 Å². The van der Waals surface area contributed by atoms with Crippen LogP contribution in [0, 0.1) is 0 Å². The fourth-order valence-electron chi connectivity index (χ4n) is 2.34. The molecule has 6 heteroatoms. The molecule has 0 fully saturated rings. The van der Waals surface area contributed by atoms with Crippen LogP contribution in [0.25, 0.3) is 10.9 Å². The number of hydrogen-bond donors (Lipinski definition) is 1. The predicted octanol–water partition coefficient (Wildman–Crippen LogP) is 3.74. The molecule has 0 saturated heterocycles. The molecule has 3 aromatic rings. The van der Waals surface area contributed by atoms with Crippen LogP contribution in [-0.4, -0.2) is 16.4 Å². The van der Waals surface area contributed by atoms with E-state index in [1.54, 1.807) is 36.4 Å². The molecule has 0 saturated carbocycles. The fraction of sp³-hybridized carbons (Fsp3) is 0. The zero-order chi connectivity index (χ0) is 15.9. The van der Waals surface area contributed by atoms with Gasteiger partial charge < -0.3 is 5.73 Å². The van der Waals surface area contributed by atoms with Gasteiger partial charge in [0.05, 0.1) is 21.7 Å². The lowest BCUT2D eigenvalue weighted by atomic mass is 10.2. The average molecular weight is 333 g/mol. The number of carbonyl (C=O) groups excluding carboxylic acids is 2. The second kappa shape index (κ2) is 5.48. The van der Waals surface area contributed by atoms with E-state index >= 15 is 0 Å². The van der Waals surface area contributed by atoms with Gasteiger partial charge in [-0.25, -0.2) is 0 Å². The summed E-state index contributed by atoms with van der Waals surface area (Å²) in [6, 6.07) is 11.7. The van der Waals surface area contributed by atoms with Crippen LogP contribution in [-0.2, 0) is 0 Å². The number of fused-ring (bicyclic) bond motifs is 1. The van der Waals surface area contributed by atoms with E-state index in [1.165, 1.54) is 16.8 Å². The molecule has 0 aliphatic rings. The Labute approximate surface area is 136 Å². The Kier molecular flexibility index (Phi) is 3.64. The van der Waals surface area contributed by atoms with Crippen LogP contribution < -0.4 is 5.73 Å². The summed E-state index contributed by atoms with van der Waals surface area (Å²) >= 11 is 11.9. The van der Waals surface area contributed by atoms with Gasteiger partial charge >= 0.3 is 0 Å². The summed E-state index contributed by atoms with van der Waals surface area (Å²) in [4.78, 5) is 24.3. The third kappa shape index (κ3) is 2.36. The molecule has 110 valence electrons. The molecule has 1 aromatic heterocycles. The number of rotatable bonds is 2. The standard InChI is InChI=1S/C16H10Cl2N2O2/c17-9-5-6-11(13(18)7-9)16(22)20-8-12(15(19)21)10-3-1-2-4-14(10)20/h1-8H,(H2,19,21). The SMILES string of the molecule is NC(=O)c1cn(C(=O)c2ccc(Cl)cc2Cl)c2ccccc12. The topological polar surface area (TPSA) is 65.1 Å². The molecule has 0 spiro atoms. The first kappa shape index (κ1) is 14.6. The summed E-state index contributed by atoms with van der Waals surface area (Å²) in [5.74, 6) is -0.949. The minimum absolute atomic E-state index is 0.246. The molecule has 3 rings (SSSR count). The van der Waals surface area contributed by atoms with Gasteiger partial charge in [-0.05, 0) is 24.3 Å². The van der Waals surface area contributed by atoms with Crippen molar-refractivity contribution in [3.05, 3.63) is 69.8 Å². The minimum Gasteiger partial charge on any atom is -0.366 e. The first-order valence-electron chi connectivity index (χ1n) is 6.38. The Morgan fingerprint density at radius 1 is 1.00 bits per heavy atom. The van der Waals surface area contributed by atoms with Crippen molar-refractivity contribution in [3.63, 3.8) is 0 Å². The smallest absolute Gasteiger partial charge is 0.263 e. The number of nitrogens with zero attached hydrogens (tertiary/aromatic N) is 1. The van der Waals surface area contributed by atoms with E-state index in [9.17, 15) is 9.59 Å². The minimum atomic E-state index is -0.593. The van der Waals surface area contributed by atoms with Gasteiger partial charge in [-0.15, -0.1) is 0 Å². The monoisotopic (exact) mass is 332 g/mol. The summed E-state index contributed by atoms with van der Waals surface area (Å²) < 4.78 is 1.37. The van der Waals surface area contributed by atoms with Crippen LogP contribution in [0.5, 0.6) is 0 Å². The predicted molar refractivity (Wildman–Crippen MR) is 86.6 cm³/mol. The lowest BCUT2D eigenvalue weighted by Gasteiger charge is -2.06. The molecule has 22 heavy (non-hydrogen) atoms. The number of primary amides is 1. The first-order valence-corrected chi connectivity index (χ1v) is 7.14. The van der Waals surface area contributed by atoms with E-state index < -0.39 is 5.91 Å². The summed E-state index contributed by atoms with van der Waals surface area (Å²) in [5, 5.41) is 1.31. The normalized spacial score (nSPS) is 10.8. The summed E-state index contributed by atoms with van der Waals surface area (Å²) in [5.41, 5.74) is 6.55. The summed E-state index contributed by atoms with van der Waals surface area (Å²) in [6.07, 6.45) is 1.43. The van der Waals surface area contributed by atoms with E-state index in [0.29, 0.717) is 21.5 Å². The van der Waals surface area contributed by atoms with E-state index in [1.807, 2.05) is 0 Å². The quantitative estimate of drug-likeness (QED) is 0.776. The molecule has 0 unspecified atom stereocenters. The number of hydrogen-bond acceptors (Lipinski definition) is 2. The van der Waals surface area contributed by atoms with Gasteiger partial charge in [0.1, 0.15) is 0 Å². The lowest BCUT2D eigenvalue weighted by Crippen LogP contribution is -2.13. The maximum absolute atomic E-state index is 12.7. The second-order valence-corrected chi connectivity index (χ2v) is 5.57. The van der Waals surface area contributed by atoms with Gasteiger partial charge in [-0.1, -0.05) is 41.4 Å². The van der Waals surface area contributed by atoms with Crippen LogP contribution >= 0.6 is 23.2 Å². The largest absolute Gasteiger partial charge is 0.366 e. The highest BCUT2D eigenvalue weighted by molar-refractivity contribution is 6.37. The Balaban J connectivity index is 2.21. The lowest BCUT2D eigenvalue weighted by molar-refractivity contribution is 0.0965. The molecule has 2 N–H and O–H groups in total. The molecule has 1 amide bonds. The number of halogens is 2. The number of aromatic nitrogens is 1. The zero-order valence-corrected chi connectivity index (χ0v) is 12.7. The molecule has 0 aliphatic carbocycles. The van der Waals surface area contributed by atoms with Gasteiger partial charge in [0.25, 0.3) is 11.8 Å². The Morgan fingerprint density at radius 3 is 2.41 bits per heavy atom. The number of amides is 1.